The third-order valence-electron chi connectivity index (χ3n) is 2.98. The minimum Gasteiger partial charge on any atom is -0.381 e. The van der Waals surface area contributed by atoms with Crippen molar-refractivity contribution in [3.63, 3.8) is 0 Å². The second-order valence-electron chi connectivity index (χ2n) is 4.37. The zero-order valence-electron chi connectivity index (χ0n) is 10.4. The van der Waals surface area contributed by atoms with E-state index in [1.165, 1.54) is 4.31 Å². The van der Waals surface area contributed by atoms with Gasteiger partial charge < -0.3 is 10.5 Å². The predicted octanol–water partition coefficient (Wildman–Crippen LogP) is -0.472. The van der Waals surface area contributed by atoms with Crippen molar-refractivity contribution in [2.24, 2.45) is 11.7 Å². The Balaban J connectivity index is 2.32. The summed E-state index contributed by atoms with van der Waals surface area (Å²) in [5.74, 6) is 0.390. The highest BCUT2D eigenvalue weighted by atomic mass is 32.2. The first kappa shape index (κ1) is 14.8. The van der Waals surface area contributed by atoms with Gasteiger partial charge in [-0.3, -0.25) is 0 Å². The van der Waals surface area contributed by atoms with Gasteiger partial charge in [-0.05, 0) is 31.7 Å². The summed E-state index contributed by atoms with van der Waals surface area (Å²) in [6.45, 7) is 2.92. The zero-order valence-corrected chi connectivity index (χ0v) is 11.2. The Bertz CT molecular complexity index is 302. The zero-order chi connectivity index (χ0) is 12.7. The Hall–Kier alpha value is -0.210. The van der Waals surface area contributed by atoms with Crippen molar-refractivity contribution in [2.75, 3.05) is 39.9 Å². The van der Waals surface area contributed by atoms with Crippen molar-refractivity contribution in [3.05, 3.63) is 0 Å². The third-order valence-corrected chi connectivity index (χ3v) is 4.52. The summed E-state index contributed by atoms with van der Waals surface area (Å²) < 4.78 is 32.8. The average Bonchev–Trinajstić information content (AvgIpc) is 2.35. The maximum absolute atomic E-state index is 11.8. The predicted molar refractivity (Wildman–Crippen MR) is 66.8 cm³/mol. The van der Waals surface area contributed by atoms with Gasteiger partial charge >= 0.3 is 0 Å². The number of nitrogens with two attached hydrogens (primary N) is 1. The van der Waals surface area contributed by atoms with E-state index in [4.69, 9.17) is 10.5 Å². The van der Waals surface area contributed by atoms with Crippen LogP contribution in [0.4, 0.5) is 0 Å². The smallest absolute Gasteiger partial charge is 0.279 e. The second-order valence-corrected chi connectivity index (χ2v) is 6.24. The summed E-state index contributed by atoms with van der Waals surface area (Å²) in [7, 11) is -1.77. The van der Waals surface area contributed by atoms with Crippen molar-refractivity contribution in [1.29, 1.82) is 0 Å². The molecule has 0 aromatic rings. The molecule has 0 radical (unpaired) electrons. The summed E-state index contributed by atoms with van der Waals surface area (Å²) in [5.41, 5.74) is 5.36. The molecule has 7 heteroatoms. The molecule has 1 rings (SSSR count). The Morgan fingerprint density at radius 3 is 2.65 bits per heavy atom. The van der Waals surface area contributed by atoms with E-state index >= 15 is 0 Å². The summed E-state index contributed by atoms with van der Waals surface area (Å²) in [6, 6.07) is 0. The number of ether oxygens (including phenoxy) is 1. The lowest BCUT2D eigenvalue weighted by atomic mass is 10.0. The van der Waals surface area contributed by atoms with E-state index in [0.717, 1.165) is 26.1 Å². The van der Waals surface area contributed by atoms with Crippen molar-refractivity contribution in [2.45, 2.75) is 19.3 Å². The molecular weight excluding hydrogens is 242 g/mol. The Morgan fingerprint density at radius 2 is 2.06 bits per heavy atom. The molecule has 0 bridgehead atoms. The first-order valence-corrected chi connectivity index (χ1v) is 7.49. The van der Waals surface area contributed by atoms with Gasteiger partial charge in [0, 0.05) is 33.4 Å². The third kappa shape index (κ3) is 5.31. The molecule has 0 spiro atoms. The molecule has 1 aliphatic rings. The van der Waals surface area contributed by atoms with Gasteiger partial charge in [0.15, 0.2) is 0 Å². The topological polar surface area (TPSA) is 84.7 Å². The van der Waals surface area contributed by atoms with Crippen LogP contribution in [0.15, 0.2) is 0 Å². The van der Waals surface area contributed by atoms with Crippen LogP contribution >= 0.6 is 0 Å². The maximum Gasteiger partial charge on any atom is 0.279 e. The average molecular weight is 265 g/mol. The molecule has 1 heterocycles. The molecule has 1 fully saturated rings. The second kappa shape index (κ2) is 7.27. The molecule has 1 aliphatic heterocycles. The van der Waals surface area contributed by atoms with Crippen molar-refractivity contribution in [1.82, 2.24) is 9.03 Å². The van der Waals surface area contributed by atoms with E-state index < -0.39 is 10.2 Å². The van der Waals surface area contributed by atoms with Gasteiger partial charge in [0.25, 0.3) is 10.2 Å². The summed E-state index contributed by atoms with van der Waals surface area (Å²) in [5, 5.41) is 0. The van der Waals surface area contributed by atoms with Crippen LogP contribution in [0.3, 0.4) is 0 Å². The monoisotopic (exact) mass is 265 g/mol. The molecule has 17 heavy (non-hydrogen) atoms. The van der Waals surface area contributed by atoms with Crippen molar-refractivity contribution < 1.29 is 13.2 Å². The Labute approximate surface area is 104 Å². The first-order valence-electron chi connectivity index (χ1n) is 6.05. The summed E-state index contributed by atoms with van der Waals surface area (Å²) in [6.07, 6.45) is 2.53. The van der Waals surface area contributed by atoms with E-state index in [0.29, 0.717) is 32.0 Å². The fourth-order valence-corrected chi connectivity index (χ4v) is 2.75. The fourth-order valence-electron chi connectivity index (χ4n) is 1.72. The van der Waals surface area contributed by atoms with Crippen LogP contribution < -0.4 is 10.5 Å². The van der Waals surface area contributed by atoms with Gasteiger partial charge in [0.2, 0.25) is 0 Å². The number of rotatable bonds is 7. The van der Waals surface area contributed by atoms with Crippen molar-refractivity contribution in [3.8, 4) is 0 Å². The standard InChI is InChI=1S/C10H23N3O3S/c1-13(6-2-5-11)17(14,15)12-9-10-3-7-16-8-4-10/h10,12H,2-9,11H2,1H3. The lowest BCUT2D eigenvalue weighted by Crippen LogP contribution is -2.41. The molecule has 1 saturated heterocycles. The van der Waals surface area contributed by atoms with E-state index in [1.54, 1.807) is 7.05 Å². The molecule has 0 aliphatic carbocycles. The number of hydrogen-bond donors (Lipinski definition) is 2. The minimum absolute atomic E-state index is 0.390. The van der Waals surface area contributed by atoms with Crippen LogP contribution in [0.5, 0.6) is 0 Å². The van der Waals surface area contributed by atoms with E-state index in [2.05, 4.69) is 4.72 Å². The Kier molecular flexibility index (Phi) is 6.35. The quantitative estimate of drug-likeness (QED) is 0.651. The largest absolute Gasteiger partial charge is 0.381 e. The number of nitrogens with one attached hydrogen (secondary N) is 1. The van der Waals surface area contributed by atoms with E-state index in [9.17, 15) is 8.42 Å². The molecule has 0 aromatic heterocycles. The van der Waals surface area contributed by atoms with Crippen LogP contribution in [-0.2, 0) is 14.9 Å². The van der Waals surface area contributed by atoms with Gasteiger partial charge in [-0.15, -0.1) is 0 Å². The van der Waals surface area contributed by atoms with Crippen LogP contribution in [0, 0.1) is 5.92 Å². The lowest BCUT2D eigenvalue weighted by Gasteiger charge is -2.24. The van der Waals surface area contributed by atoms with Crippen LogP contribution in [0.25, 0.3) is 0 Å². The van der Waals surface area contributed by atoms with Crippen molar-refractivity contribution >= 4 is 10.2 Å². The van der Waals surface area contributed by atoms with Gasteiger partial charge in [0.05, 0.1) is 0 Å². The molecule has 6 nitrogen and oxygen atoms in total. The normalized spacial score (nSPS) is 18.8. The van der Waals surface area contributed by atoms with Gasteiger partial charge in [-0.1, -0.05) is 0 Å². The number of hydrogen-bond acceptors (Lipinski definition) is 4. The van der Waals surface area contributed by atoms with E-state index in [-0.39, 0.29) is 0 Å². The Morgan fingerprint density at radius 1 is 1.41 bits per heavy atom. The highest BCUT2D eigenvalue weighted by Gasteiger charge is 2.20. The lowest BCUT2D eigenvalue weighted by molar-refractivity contribution is 0.0677. The molecule has 0 unspecified atom stereocenters. The van der Waals surface area contributed by atoms with Crippen LogP contribution in [-0.4, -0.2) is 52.6 Å². The molecule has 102 valence electrons. The SMILES string of the molecule is CN(CCCN)S(=O)(=O)NCC1CCOCC1. The fraction of sp³-hybridized carbons (Fsp3) is 1.00. The van der Waals surface area contributed by atoms with Crippen LogP contribution in [0.2, 0.25) is 0 Å². The van der Waals surface area contributed by atoms with Gasteiger partial charge in [-0.25, -0.2) is 4.72 Å². The summed E-state index contributed by atoms with van der Waals surface area (Å²) in [4.78, 5) is 0. The highest BCUT2D eigenvalue weighted by Crippen LogP contribution is 2.13. The number of nitrogens with zero attached hydrogens (tertiary/aromatic N) is 1. The summed E-state index contributed by atoms with van der Waals surface area (Å²) >= 11 is 0. The molecular formula is C10H23N3O3S. The minimum atomic E-state index is -3.34. The molecule has 0 amide bonds. The molecule has 3 N–H and O–H groups in total. The molecule has 0 saturated carbocycles. The van der Waals surface area contributed by atoms with E-state index in [1.807, 2.05) is 0 Å². The maximum atomic E-state index is 11.8. The first-order chi connectivity index (χ1) is 8.06. The van der Waals surface area contributed by atoms with Crippen LogP contribution in [0.1, 0.15) is 19.3 Å². The molecule has 0 aromatic carbocycles. The molecule has 0 atom stereocenters. The highest BCUT2D eigenvalue weighted by molar-refractivity contribution is 7.87. The van der Waals surface area contributed by atoms with Gasteiger partial charge in [-0.2, -0.15) is 12.7 Å². The van der Waals surface area contributed by atoms with Gasteiger partial charge in [0.1, 0.15) is 0 Å².